The molecule has 0 saturated carbocycles. The first-order chi connectivity index (χ1) is 15.5. The number of urea groups is 1. The van der Waals surface area contributed by atoms with E-state index in [0.29, 0.717) is 24.4 Å². The van der Waals surface area contributed by atoms with Gasteiger partial charge in [0.15, 0.2) is 17.5 Å². The summed E-state index contributed by atoms with van der Waals surface area (Å²) in [6.45, 7) is 6.07. The number of rotatable bonds is 6. The lowest BCUT2D eigenvalue weighted by Crippen LogP contribution is -2.35. The molecule has 0 aliphatic carbocycles. The van der Waals surface area contributed by atoms with E-state index in [2.05, 4.69) is 31.7 Å². The zero-order valence-electron chi connectivity index (χ0n) is 18.4. The molecule has 0 bridgehead atoms. The van der Waals surface area contributed by atoms with E-state index in [1.54, 1.807) is 30.1 Å². The molecule has 0 aromatic carbocycles. The molecule has 1 saturated heterocycles. The van der Waals surface area contributed by atoms with Gasteiger partial charge in [-0.15, -0.1) is 0 Å². The maximum absolute atomic E-state index is 14.8. The quantitative estimate of drug-likeness (QED) is 0.614. The van der Waals surface area contributed by atoms with Crippen LogP contribution in [0, 0.1) is 18.7 Å². The van der Waals surface area contributed by atoms with Gasteiger partial charge in [-0.05, 0) is 68.9 Å². The van der Waals surface area contributed by atoms with Crippen LogP contribution in [0.2, 0.25) is 0 Å². The van der Waals surface area contributed by atoms with Gasteiger partial charge in [0.05, 0.1) is 11.4 Å². The van der Waals surface area contributed by atoms with Crippen LogP contribution < -0.4 is 15.5 Å². The molecule has 1 aliphatic heterocycles. The molecule has 9 heteroatoms. The van der Waals surface area contributed by atoms with E-state index in [4.69, 9.17) is 4.98 Å². The van der Waals surface area contributed by atoms with E-state index >= 15 is 0 Å². The van der Waals surface area contributed by atoms with Gasteiger partial charge in [-0.2, -0.15) is 5.10 Å². The molecule has 3 aromatic rings. The lowest BCUT2D eigenvalue weighted by atomic mass is 9.90. The van der Waals surface area contributed by atoms with Gasteiger partial charge in [0, 0.05) is 38.2 Å². The number of aromatic nitrogens is 4. The van der Waals surface area contributed by atoms with Crippen molar-refractivity contribution < 1.29 is 9.18 Å². The van der Waals surface area contributed by atoms with Crippen LogP contribution in [0.4, 0.5) is 20.7 Å². The zero-order valence-corrected chi connectivity index (χ0v) is 18.4. The monoisotopic (exact) mass is 437 g/mol. The molecule has 0 radical (unpaired) electrons. The van der Waals surface area contributed by atoms with Crippen molar-refractivity contribution in [2.24, 2.45) is 5.92 Å². The lowest BCUT2D eigenvalue weighted by Gasteiger charge is -2.34. The fraction of sp³-hybridized carbons (Fsp3) is 0.391. The van der Waals surface area contributed by atoms with Gasteiger partial charge in [-0.25, -0.2) is 23.8 Å². The van der Waals surface area contributed by atoms with Crippen molar-refractivity contribution in [3.63, 3.8) is 0 Å². The molecular weight excluding hydrogens is 409 g/mol. The van der Waals surface area contributed by atoms with Crippen LogP contribution in [-0.2, 0) is 6.42 Å². The average molecular weight is 438 g/mol. The summed E-state index contributed by atoms with van der Waals surface area (Å²) in [7, 11) is 0. The van der Waals surface area contributed by atoms with Gasteiger partial charge >= 0.3 is 6.03 Å². The van der Waals surface area contributed by atoms with E-state index in [1.807, 2.05) is 25.3 Å². The van der Waals surface area contributed by atoms with Crippen LogP contribution in [0.15, 0.2) is 42.9 Å². The number of nitrogens with zero attached hydrogens (tertiary/aromatic N) is 5. The number of pyridine rings is 2. The molecule has 8 nitrogen and oxygen atoms in total. The summed E-state index contributed by atoms with van der Waals surface area (Å²) in [5.74, 6) is 0.703. The highest BCUT2D eigenvalue weighted by Crippen LogP contribution is 2.29. The molecule has 1 aliphatic rings. The highest BCUT2D eigenvalue weighted by Gasteiger charge is 2.23. The maximum atomic E-state index is 14.8. The first-order valence-electron chi connectivity index (χ1n) is 11.0. The van der Waals surface area contributed by atoms with Crippen molar-refractivity contribution in [3.05, 3.63) is 59.9 Å². The minimum absolute atomic E-state index is 0.0233. The molecule has 2 N–H and O–H groups in total. The van der Waals surface area contributed by atoms with Gasteiger partial charge in [0.2, 0.25) is 0 Å². The predicted molar refractivity (Wildman–Crippen MR) is 122 cm³/mol. The van der Waals surface area contributed by atoms with E-state index in [0.717, 1.165) is 43.1 Å². The van der Waals surface area contributed by atoms with Gasteiger partial charge < -0.3 is 10.2 Å². The van der Waals surface area contributed by atoms with Gasteiger partial charge in [0.1, 0.15) is 0 Å². The number of aryl methyl sites for hydroxylation is 1. The third-order valence-corrected chi connectivity index (χ3v) is 5.78. The Morgan fingerprint density at radius 2 is 2.03 bits per heavy atom. The minimum atomic E-state index is -0.452. The second kappa shape index (κ2) is 9.76. The molecule has 168 valence electrons. The number of carbonyl (C=O) groups is 1. The molecule has 32 heavy (non-hydrogen) atoms. The maximum Gasteiger partial charge on any atom is 0.320 e. The third kappa shape index (κ3) is 4.87. The summed E-state index contributed by atoms with van der Waals surface area (Å²) in [5, 5.41) is 9.30. The fourth-order valence-corrected chi connectivity index (χ4v) is 4.14. The average Bonchev–Trinajstić information content (AvgIpc) is 3.32. The summed E-state index contributed by atoms with van der Waals surface area (Å²) in [6, 6.07) is 7.21. The molecule has 0 spiro atoms. The van der Waals surface area contributed by atoms with Gasteiger partial charge in [-0.3, -0.25) is 5.32 Å². The van der Waals surface area contributed by atoms with Crippen molar-refractivity contribution in [1.29, 1.82) is 0 Å². The number of carbonyl (C=O) groups excluding carboxylic acids is 1. The number of hydrogen-bond acceptors (Lipinski definition) is 5. The molecule has 3 aromatic heterocycles. The van der Waals surface area contributed by atoms with E-state index in [1.165, 1.54) is 0 Å². The Kier molecular flexibility index (Phi) is 6.63. The van der Waals surface area contributed by atoms with Crippen LogP contribution in [0.5, 0.6) is 0 Å². The molecular formula is C23H28FN7O. The summed E-state index contributed by atoms with van der Waals surface area (Å²) in [5.41, 5.74) is 2.69. The van der Waals surface area contributed by atoms with Gasteiger partial charge in [-0.1, -0.05) is 0 Å². The summed E-state index contributed by atoms with van der Waals surface area (Å²) in [4.78, 5) is 22.7. The van der Waals surface area contributed by atoms with E-state index < -0.39 is 11.8 Å². The van der Waals surface area contributed by atoms with Crippen LogP contribution in [0.1, 0.15) is 31.0 Å². The highest BCUT2D eigenvalue weighted by molar-refractivity contribution is 5.88. The van der Waals surface area contributed by atoms with E-state index in [9.17, 15) is 9.18 Å². The standard InChI is InChI=1S/C23H28FN7O/c1-3-25-23(32)29-22-21(24)18(7-11-26-22)15-17-8-13-30(14-9-17)19-5-6-20(28-16(19)2)31-12-4-10-27-31/h4-7,10-12,17H,3,8-9,13-15H2,1-2H3,(H2,25,26,29,32). The van der Waals surface area contributed by atoms with Crippen molar-refractivity contribution in [2.45, 2.75) is 33.1 Å². The van der Waals surface area contributed by atoms with Crippen LogP contribution in [0.25, 0.3) is 5.82 Å². The zero-order chi connectivity index (χ0) is 22.5. The summed E-state index contributed by atoms with van der Waals surface area (Å²) < 4.78 is 16.6. The molecule has 0 unspecified atom stereocenters. The van der Waals surface area contributed by atoms with E-state index in [-0.39, 0.29) is 5.82 Å². The van der Waals surface area contributed by atoms with Crippen molar-refractivity contribution in [3.8, 4) is 5.82 Å². The first-order valence-corrected chi connectivity index (χ1v) is 11.0. The lowest BCUT2D eigenvalue weighted by molar-refractivity contribution is 0.252. The number of hydrogen-bond donors (Lipinski definition) is 2. The first kappa shape index (κ1) is 21.7. The number of anilines is 2. The smallest absolute Gasteiger partial charge is 0.320 e. The predicted octanol–water partition coefficient (Wildman–Crippen LogP) is 3.71. The molecule has 0 atom stereocenters. The summed E-state index contributed by atoms with van der Waals surface area (Å²) >= 11 is 0. The van der Waals surface area contributed by atoms with Crippen molar-refractivity contribution >= 4 is 17.5 Å². The van der Waals surface area contributed by atoms with Crippen LogP contribution in [0.3, 0.4) is 0 Å². The topological polar surface area (TPSA) is 88.0 Å². The van der Waals surface area contributed by atoms with Crippen LogP contribution >= 0.6 is 0 Å². The Bertz CT molecular complexity index is 1060. The molecule has 1 fully saturated rings. The summed E-state index contributed by atoms with van der Waals surface area (Å²) in [6.07, 6.45) is 7.71. The fourth-order valence-electron chi connectivity index (χ4n) is 4.14. The Hall–Kier alpha value is -3.49. The Morgan fingerprint density at radius 3 is 2.72 bits per heavy atom. The normalized spacial score (nSPS) is 14.4. The Labute approximate surface area is 186 Å². The Balaban J connectivity index is 1.37. The molecule has 4 rings (SSSR count). The number of halogens is 1. The number of piperidine rings is 1. The minimum Gasteiger partial charge on any atom is -0.370 e. The Morgan fingerprint density at radius 1 is 1.22 bits per heavy atom. The van der Waals surface area contributed by atoms with Crippen LogP contribution in [-0.4, -0.2) is 45.4 Å². The highest BCUT2D eigenvalue weighted by atomic mass is 19.1. The second-order valence-corrected chi connectivity index (χ2v) is 7.98. The second-order valence-electron chi connectivity index (χ2n) is 7.98. The number of amides is 2. The molecule has 4 heterocycles. The number of nitrogens with one attached hydrogen (secondary N) is 2. The molecule has 2 amide bonds. The largest absolute Gasteiger partial charge is 0.370 e. The van der Waals surface area contributed by atoms with Gasteiger partial charge in [0.25, 0.3) is 0 Å². The van der Waals surface area contributed by atoms with Crippen molar-refractivity contribution in [1.82, 2.24) is 25.1 Å². The third-order valence-electron chi connectivity index (χ3n) is 5.78. The SMILES string of the molecule is CCNC(=O)Nc1nccc(CC2CCN(c3ccc(-n4cccn4)nc3C)CC2)c1F. The van der Waals surface area contributed by atoms with Crippen molar-refractivity contribution in [2.75, 3.05) is 29.9 Å².